The van der Waals surface area contributed by atoms with Crippen molar-refractivity contribution in [1.29, 1.82) is 0 Å². The number of hydrogen-bond donors (Lipinski definition) is 3. The van der Waals surface area contributed by atoms with E-state index in [1.54, 1.807) is 6.07 Å². The maximum Gasteiger partial charge on any atom is 0.573 e. The van der Waals surface area contributed by atoms with E-state index in [1.165, 1.54) is 50.5 Å². The summed E-state index contributed by atoms with van der Waals surface area (Å²) in [6.07, 6.45) is -4.62. The van der Waals surface area contributed by atoms with Crippen molar-refractivity contribution in [3.63, 3.8) is 0 Å². The number of sulfonamides is 1. The van der Waals surface area contributed by atoms with E-state index in [0.717, 1.165) is 0 Å². The highest BCUT2D eigenvalue weighted by Crippen LogP contribution is 2.27. The molecule has 0 fully saturated rings. The second kappa shape index (κ2) is 9.14. The van der Waals surface area contributed by atoms with Gasteiger partial charge in [0.1, 0.15) is 5.75 Å². The Morgan fingerprint density at radius 3 is 2.41 bits per heavy atom. The van der Waals surface area contributed by atoms with Crippen LogP contribution in [0.5, 0.6) is 5.75 Å². The molecule has 0 atom stereocenters. The second-order valence-electron chi connectivity index (χ2n) is 5.83. The first-order valence-electron chi connectivity index (χ1n) is 8.44. The Balaban J connectivity index is 2.20. The summed E-state index contributed by atoms with van der Waals surface area (Å²) in [5, 5.41) is 5.37. The van der Waals surface area contributed by atoms with E-state index in [-0.39, 0.29) is 29.2 Å². The minimum absolute atomic E-state index is 0.0867. The molecule has 0 unspecified atom stereocenters. The van der Waals surface area contributed by atoms with Crippen molar-refractivity contribution >= 4 is 21.6 Å². The molecule has 11 heteroatoms. The number of halogens is 3. The SMILES string of the molecule is CNC(=O)c1cc(S(=O)(=O)NC)ccc1NCCc1ccccc1OC(F)(F)F. The first kappa shape index (κ1) is 22.5. The van der Waals surface area contributed by atoms with Crippen molar-refractivity contribution in [3.8, 4) is 5.75 Å². The minimum Gasteiger partial charge on any atom is -0.406 e. The van der Waals surface area contributed by atoms with Crippen LogP contribution in [0.2, 0.25) is 0 Å². The Hall–Kier alpha value is -2.79. The molecular formula is C18H20F3N3O4S. The van der Waals surface area contributed by atoms with Gasteiger partial charge in [0.15, 0.2) is 0 Å². The van der Waals surface area contributed by atoms with E-state index in [9.17, 15) is 26.4 Å². The first-order valence-corrected chi connectivity index (χ1v) is 9.93. The summed E-state index contributed by atoms with van der Waals surface area (Å²) < 4.78 is 67.6. The van der Waals surface area contributed by atoms with Crippen LogP contribution in [0, 0.1) is 0 Å². The number of carbonyl (C=O) groups excluding carboxylic acids is 1. The number of carbonyl (C=O) groups is 1. The molecule has 0 aliphatic rings. The third-order valence-corrected chi connectivity index (χ3v) is 5.36. The van der Waals surface area contributed by atoms with E-state index in [0.29, 0.717) is 11.3 Å². The molecule has 0 saturated heterocycles. The Kier molecular flexibility index (Phi) is 7.09. The van der Waals surface area contributed by atoms with E-state index in [2.05, 4.69) is 20.1 Å². The lowest BCUT2D eigenvalue weighted by Gasteiger charge is -2.15. The van der Waals surface area contributed by atoms with Crippen molar-refractivity contribution in [1.82, 2.24) is 10.0 Å². The second-order valence-corrected chi connectivity index (χ2v) is 7.71. The van der Waals surface area contributed by atoms with Gasteiger partial charge < -0.3 is 15.4 Å². The van der Waals surface area contributed by atoms with Gasteiger partial charge in [-0.25, -0.2) is 13.1 Å². The van der Waals surface area contributed by atoms with Gasteiger partial charge >= 0.3 is 6.36 Å². The average molecular weight is 431 g/mol. The average Bonchev–Trinajstić information content (AvgIpc) is 2.67. The molecule has 3 N–H and O–H groups in total. The molecular weight excluding hydrogens is 411 g/mol. The number of benzene rings is 2. The molecule has 1 amide bonds. The van der Waals surface area contributed by atoms with Gasteiger partial charge in [-0.3, -0.25) is 4.79 Å². The predicted octanol–water partition coefficient (Wildman–Crippen LogP) is 2.51. The molecule has 0 spiro atoms. The van der Waals surface area contributed by atoms with E-state index in [4.69, 9.17) is 0 Å². The maximum atomic E-state index is 12.5. The smallest absolute Gasteiger partial charge is 0.406 e. The topological polar surface area (TPSA) is 96.5 Å². The molecule has 2 aromatic carbocycles. The number of amides is 1. The zero-order valence-electron chi connectivity index (χ0n) is 15.6. The fourth-order valence-corrected chi connectivity index (χ4v) is 3.31. The largest absolute Gasteiger partial charge is 0.573 e. The summed E-state index contributed by atoms with van der Waals surface area (Å²) in [7, 11) is -1.10. The van der Waals surface area contributed by atoms with Crippen LogP contribution in [0.15, 0.2) is 47.4 Å². The van der Waals surface area contributed by atoms with E-state index < -0.39 is 22.3 Å². The lowest BCUT2D eigenvalue weighted by molar-refractivity contribution is -0.274. The minimum atomic E-state index is -4.80. The van der Waals surface area contributed by atoms with Gasteiger partial charge in [0, 0.05) is 19.3 Å². The van der Waals surface area contributed by atoms with Gasteiger partial charge in [-0.1, -0.05) is 18.2 Å². The van der Waals surface area contributed by atoms with Gasteiger partial charge in [-0.15, -0.1) is 13.2 Å². The predicted molar refractivity (Wildman–Crippen MR) is 101 cm³/mol. The molecule has 0 aromatic heterocycles. The van der Waals surface area contributed by atoms with Gasteiger partial charge in [-0.05, 0) is 43.3 Å². The number of rotatable bonds is 8. The molecule has 29 heavy (non-hydrogen) atoms. The summed E-state index contributed by atoms with van der Waals surface area (Å²) in [6.45, 7) is 0.181. The monoisotopic (exact) mass is 431 g/mol. The fourth-order valence-electron chi connectivity index (χ4n) is 2.55. The molecule has 158 valence electrons. The molecule has 0 saturated carbocycles. The first-order chi connectivity index (χ1) is 13.6. The summed E-state index contributed by atoms with van der Waals surface area (Å²) in [5.41, 5.74) is 0.755. The van der Waals surface area contributed by atoms with Crippen molar-refractivity contribution in [2.75, 3.05) is 26.0 Å². The molecule has 7 nitrogen and oxygen atoms in total. The molecule has 0 radical (unpaired) electrons. The van der Waals surface area contributed by atoms with Crippen LogP contribution in [-0.2, 0) is 16.4 Å². The molecule has 0 heterocycles. The number of ether oxygens (including phenoxy) is 1. The molecule has 0 aliphatic carbocycles. The summed E-state index contributed by atoms with van der Waals surface area (Å²) in [4.78, 5) is 12.0. The maximum absolute atomic E-state index is 12.5. The molecule has 0 bridgehead atoms. The van der Waals surface area contributed by atoms with Crippen molar-refractivity contribution in [2.45, 2.75) is 17.7 Å². The number of anilines is 1. The normalized spacial score (nSPS) is 11.8. The van der Waals surface area contributed by atoms with Crippen LogP contribution in [0.25, 0.3) is 0 Å². The molecule has 2 aromatic rings. The van der Waals surface area contributed by atoms with E-state index >= 15 is 0 Å². The van der Waals surface area contributed by atoms with Crippen LogP contribution < -0.4 is 20.1 Å². The zero-order chi connectivity index (χ0) is 21.7. The van der Waals surface area contributed by atoms with Crippen molar-refractivity contribution in [2.24, 2.45) is 0 Å². The van der Waals surface area contributed by atoms with Crippen LogP contribution >= 0.6 is 0 Å². The highest BCUT2D eigenvalue weighted by atomic mass is 32.2. The highest BCUT2D eigenvalue weighted by molar-refractivity contribution is 7.89. The Morgan fingerprint density at radius 2 is 1.79 bits per heavy atom. The van der Waals surface area contributed by atoms with Crippen LogP contribution in [0.1, 0.15) is 15.9 Å². The Labute approximate surface area is 166 Å². The standard InChI is InChI=1S/C18H20F3N3O4S/c1-22-17(25)14-11-13(29(26,27)23-2)7-8-15(14)24-10-9-12-5-3-4-6-16(12)28-18(19,20)21/h3-8,11,23-24H,9-10H2,1-2H3,(H,22,25). The highest BCUT2D eigenvalue weighted by Gasteiger charge is 2.31. The summed E-state index contributed by atoms with van der Waals surface area (Å²) in [6, 6.07) is 9.71. The lowest BCUT2D eigenvalue weighted by atomic mass is 10.1. The van der Waals surface area contributed by atoms with Gasteiger partial charge in [0.2, 0.25) is 10.0 Å². The quantitative estimate of drug-likeness (QED) is 0.597. The van der Waals surface area contributed by atoms with Crippen LogP contribution in [0.3, 0.4) is 0 Å². The van der Waals surface area contributed by atoms with Gasteiger partial charge in [0.25, 0.3) is 5.91 Å². The van der Waals surface area contributed by atoms with Crippen LogP contribution in [-0.4, -0.2) is 41.3 Å². The van der Waals surface area contributed by atoms with Gasteiger partial charge in [-0.2, -0.15) is 0 Å². The van der Waals surface area contributed by atoms with Crippen molar-refractivity contribution in [3.05, 3.63) is 53.6 Å². The number of alkyl halides is 3. The third-order valence-electron chi connectivity index (χ3n) is 3.95. The Morgan fingerprint density at radius 1 is 1.10 bits per heavy atom. The number of nitrogens with one attached hydrogen (secondary N) is 3. The molecule has 2 rings (SSSR count). The third kappa shape index (κ3) is 6.09. The zero-order valence-corrected chi connectivity index (χ0v) is 16.4. The summed E-state index contributed by atoms with van der Waals surface area (Å²) >= 11 is 0. The lowest BCUT2D eigenvalue weighted by Crippen LogP contribution is -2.23. The molecule has 0 aliphatic heterocycles. The Bertz CT molecular complexity index is 979. The fraction of sp³-hybridized carbons (Fsp3) is 0.278. The van der Waals surface area contributed by atoms with Crippen molar-refractivity contribution < 1.29 is 31.1 Å². The van der Waals surface area contributed by atoms with Gasteiger partial charge in [0.05, 0.1) is 10.5 Å². The number of hydrogen-bond acceptors (Lipinski definition) is 5. The summed E-state index contributed by atoms with van der Waals surface area (Å²) in [5.74, 6) is -0.815. The number of para-hydroxylation sites is 1. The van der Waals surface area contributed by atoms with Crippen LogP contribution in [0.4, 0.5) is 18.9 Å². The van der Waals surface area contributed by atoms with E-state index in [1.807, 2.05) is 0 Å².